The molecule has 112 valence electrons. The molecule has 0 radical (unpaired) electrons. The average molecular weight is 302 g/mol. The second-order valence-electron chi connectivity index (χ2n) is 5.03. The van der Waals surface area contributed by atoms with Gasteiger partial charge in [0.1, 0.15) is 11.4 Å². The smallest absolute Gasteiger partial charge is 0.412 e. The van der Waals surface area contributed by atoms with Gasteiger partial charge in [0.25, 0.3) is 0 Å². The maximum atomic E-state index is 11.7. The van der Waals surface area contributed by atoms with E-state index >= 15 is 0 Å². The molecule has 1 aromatic rings. The van der Waals surface area contributed by atoms with Gasteiger partial charge in [-0.25, -0.2) is 18.4 Å². The number of hydrogen-bond acceptors (Lipinski definition) is 5. The van der Waals surface area contributed by atoms with Gasteiger partial charge in [0.05, 0.1) is 17.7 Å². The maximum absolute atomic E-state index is 11.7. The first-order chi connectivity index (χ1) is 9.03. The number of carbonyl (C=O) groups is 1. The molecular weight excluding hydrogens is 284 g/mol. The largest absolute Gasteiger partial charge is 0.495 e. The van der Waals surface area contributed by atoms with Crippen molar-refractivity contribution >= 4 is 21.8 Å². The van der Waals surface area contributed by atoms with Gasteiger partial charge in [-0.3, -0.25) is 5.32 Å². The molecule has 1 amide bonds. The predicted molar refractivity (Wildman–Crippen MR) is 74.2 cm³/mol. The van der Waals surface area contributed by atoms with Crippen molar-refractivity contribution < 1.29 is 22.7 Å². The summed E-state index contributed by atoms with van der Waals surface area (Å²) < 4.78 is 32.7. The molecule has 0 heterocycles. The highest BCUT2D eigenvalue weighted by Crippen LogP contribution is 2.27. The number of carbonyl (C=O) groups excluding carboxylic acids is 1. The van der Waals surface area contributed by atoms with E-state index in [2.05, 4.69) is 5.32 Å². The van der Waals surface area contributed by atoms with E-state index in [1.807, 2.05) is 0 Å². The highest BCUT2D eigenvalue weighted by molar-refractivity contribution is 7.89. The van der Waals surface area contributed by atoms with Crippen molar-refractivity contribution in [2.24, 2.45) is 5.14 Å². The third-order valence-electron chi connectivity index (χ3n) is 2.14. The summed E-state index contributed by atoms with van der Waals surface area (Å²) in [6.45, 7) is 5.14. The van der Waals surface area contributed by atoms with Gasteiger partial charge in [0.15, 0.2) is 0 Å². The predicted octanol–water partition coefficient (Wildman–Crippen LogP) is 1.69. The third-order valence-corrected chi connectivity index (χ3v) is 3.05. The molecule has 0 aliphatic rings. The molecule has 0 unspecified atom stereocenters. The van der Waals surface area contributed by atoms with Crippen LogP contribution >= 0.6 is 0 Å². The van der Waals surface area contributed by atoms with Gasteiger partial charge in [0, 0.05) is 0 Å². The number of nitrogens with one attached hydrogen (secondary N) is 1. The number of benzene rings is 1. The number of methoxy groups -OCH3 is 1. The van der Waals surface area contributed by atoms with Crippen LogP contribution in [0.3, 0.4) is 0 Å². The SMILES string of the molecule is COc1ccc(S(N)(=O)=O)cc1NC(=O)OC(C)(C)C. The topological polar surface area (TPSA) is 108 Å². The molecule has 0 spiro atoms. The Morgan fingerprint density at radius 2 is 1.90 bits per heavy atom. The first-order valence-corrected chi connectivity index (χ1v) is 7.28. The van der Waals surface area contributed by atoms with Crippen LogP contribution in [0.2, 0.25) is 0 Å². The number of amides is 1. The zero-order valence-corrected chi connectivity index (χ0v) is 12.6. The maximum Gasteiger partial charge on any atom is 0.412 e. The fourth-order valence-corrected chi connectivity index (χ4v) is 1.92. The molecule has 20 heavy (non-hydrogen) atoms. The molecule has 1 aromatic carbocycles. The number of rotatable bonds is 3. The quantitative estimate of drug-likeness (QED) is 0.883. The molecule has 0 aliphatic carbocycles. The number of nitrogens with two attached hydrogens (primary N) is 1. The lowest BCUT2D eigenvalue weighted by Gasteiger charge is -2.20. The van der Waals surface area contributed by atoms with E-state index in [-0.39, 0.29) is 10.6 Å². The second-order valence-corrected chi connectivity index (χ2v) is 6.60. The second kappa shape index (κ2) is 5.68. The molecule has 0 saturated heterocycles. The van der Waals surface area contributed by atoms with Crippen molar-refractivity contribution in [2.75, 3.05) is 12.4 Å². The van der Waals surface area contributed by atoms with Gasteiger partial charge in [-0.05, 0) is 39.0 Å². The summed E-state index contributed by atoms with van der Waals surface area (Å²) in [5.74, 6) is 0.295. The Kier molecular flexibility index (Phi) is 4.61. The minimum atomic E-state index is -3.87. The first kappa shape index (κ1) is 16.3. The van der Waals surface area contributed by atoms with E-state index in [0.717, 1.165) is 0 Å². The Balaban J connectivity index is 3.07. The van der Waals surface area contributed by atoms with Crippen molar-refractivity contribution in [1.82, 2.24) is 0 Å². The first-order valence-electron chi connectivity index (χ1n) is 5.74. The van der Waals surface area contributed by atoms with E-state index in [9.17, 15) is 13.2 Å². The van der Waals surface area contributed by atoms with E-state index in [1.165, 1.54) is 25.3 Å². The van der Waals surface area contributed by atoms with Gasteiger partial charge in [-0.1, -0.05) is 0 Å². The monoisotopic (exact) mass is 302 g/mol. The van der Waals surface area contributed by atoms with Crippen LogP contribution < -0.4 is 15.2 Å². The molecule has 0 atom stereocenters. The summed E-state index contributed by atoms with van der Waals surface area (Å²) in [6.07, 6.45) is -0.720. The van der Waals surface area contributed by atoms with Gasteiger partial charge < -0.3 is 9.47 Å². The molecular formula is C12H18N2O5S. The molecule has 0 fully saturated rings. The highest BCUT2D eigenvalue weighted by Gasteiger charge is 2.19. The van der Waals surface area contributed by atoms with Crippen molar-refractivity contribution in [3.63, 3.8) is 0 Å². The summed E-state index contributed by atoms with van der Waals surface area (Å²) in [5, 5.41) is 7.46. The zero-order valence-electron chi connectivity index (χ0n) is 11.8. The van der Waals surface area contributed by atoms with Crippen LogP contribution in [0, 0.1) is 0 Å². The summed E-state index contributed by atoms with van der Waals surface area (Å²) in [7, 11) is -2.47. The van der Waals surface area contributed by atoms with Gasteiger partial charge in [0.2, 0.25) is 10.0 Å². The van der Waals surface area contributed by atoms with Gasteiger partial charge >= 0.3 is 6.09 Å². The molecule has 0 aromatic heterocycles. The van der Waals surface area contributed by atoms with E-state index in [4.69, 9.17) is 14.6 Å². The summed E-state index contributed by atoms with van der Waals surface area (Å²) >= 11 is 0. The number of hydrogen-bond donors (Lipinski definition) is 2. The molecule has 0 bridgehead atoms. The minimum Gasteiger partial charge on any atom is -0.495 e. The highest BCUT2D eigenvalue weighted by atomic mass is 32.2. The van der Waals surface area contributed by atoms with Crippen LogP contribution in [0.4, 0.5) is 10.5 Å². The Morgan fingerprint density at radius 1 is 1.30 bits per heavy atom. The van der Waals surface area contributed by atoms with E-state index in [1.54, 1.807) is 20.8 Å². The molecule has 1 rings (SSSR count). The van der Waals surface area contributed by atoms with Crippen molar-refractivity contribution in [1.29, 1.82) is 0 Å². The van der Waals surface area contributed by atoms with E-state index < -0.39 is 21.7 Å². The van der Waals surface area contributed by atoms with Crippen molar-refractivity contribution in [3.05, 3.63) is 18.2 Å². The summed E-state index contributed by atoms with van der Waals surface area (Å²) in [4.78, 5) is 11.6. The lowest BCUT2D eigenvalue weighted by molar-refractivity contribution is 0.0635. The summed E-state index contributed by atoms with van der Waals surface area (Å²) in [6, 6.07) is 3.89. The molecule has 8 heteroatoms. The molecule has 3 N–H and O–H groups in total. The number of anilines is 1. The van der Waals surface area contributed by atoms with Crippen molar-refractivity contribution in [2.45, 2.75) is 31.3 Å². The molecule has 0 aliphatic heterocycles. The molecule has 0 saturated carbocycles. The lowest BCUT2D eigenvalue weighted by atomic mass is 10.2. The van der Waals surface area contributed by atoms with Crippen LogP contribution in [0.1, 0.15) is 20.8 Å². The normalized spacial score (nSPS) is 11.8. The zero-order chi connectivity index (χ0) is 15.6. The Morgan fingerprint density at radius 3 is 2.35 bits per heavy atom. The summed E-state index contributed by atoms with van der Waals surface area (Å²) in [5.41, 5.74) is -0.511. The van der Waals surface area contributed by atoms with Crippen LogP contribution in [0.25, 0.3) is 0 Å². The number of primary sulfonamides is 1. The Hall–Kier alpha value is -1.80. The van der Waals surface area contributed by atoms with Crippen LogP contribution in [0.5, 0.6) is 5.75 Å². The molecule has 7 nitrogen and oxygen atoms in total. The third kappa shape index (κ3) is 4.71. The number of sulfonamides is 1. The fourth-order valence-electron chi connectivity index (χ4n) is 1.38. The fraction of sp³-hybridized carbons (Fsp3) is 0.417. The van der Waals surface area contributed by atoms with Crippen LogP contribution in [0.15, 0.2) is 23.1 Å². The van der Waals surface area contributed by atoms with Gasteiger partial charge in [-0.15, -0.1) is 0 Å². The standard InChI is InChI=1S/C12H18N2O5S/c1-12(2,3)19-11(15)14-9-7-8(20(13,16)17)5-6-10(9)18-4/h5-7H,1-4H3,(H,14,15)(H2,13,16,17). The number of ether oxygens (including phenoxy) is 2. The minimum absolute atomic E-state index is 0.135. The van der Waals surface area contributed by atoms with Crippen LogP contribution in [-0.4, -0.2) is 27.2 Å². The Labute approximate surface area is 118 Å². The van der Waals surface area contributed by atoms with Crippen molar-refractivity contribution in [3.8, 4) is 5.75 Å². The van der Waals surface area contributed by atoms with Crippen LogP contribution in [-0.2, 0) is 14.8 Å². The lowest BCUT2D eigenvalue weighted by Crippen LogP contribution is -2.27. The van der Waals surface area contributed by atoms with Gasteiger partial charge in [-0.2, -0.15) is 0 Å². The van der Waals surface area contributed by atoms with E-state index in [0.29, 0.717) is 5.75 Å². The average Bonchev–Trinajstić information content (AvgIpc) is 2.24. The Bertz CT molecular complexity index is 605.